The van der Waals surface area contributed by atoms with Crippen LogP contribution in [0.25, 0.3) is 0 Å². The molecular formula is Br2MoO2. The van der Waals surface area contributed by atoms with E-state index in [9.17, 15) is 0 Å². The van der Waals surface area contributed by atoms with Crippen molar-refractivity contribution in [2.24, 2.45) is 0 Å². The van der Waals surface area contributed by atoms with Gasteiger partial charge in [-0.15, -0.1) is 0 Å². The molecule has 5 heavy (non-hydrogen) atoms. The Balaban J connectivity index is 0. The Labute approximate surface area is 65.7 Å². The topological polar surface area (TPSA) is 57.0 Å². The molecule has 32 valence electrons. The SMILES string of the molecule is [Br-].[Br-].[Mo+6].[O-2].[O-2]. The van der Waals surface area contributed by atoms with Crippen molar-refractivity contribution >= 4 is 0 Å². The molecule has 0 aromatic carbocycles. The fourth-order valence-electron chi connectivity index (χ4n) is 0. The Bertz CT molecular complexity index is 7.61. The maximum Gasteiger partial charge on any atom is 6.00 e. The van der Waals surface area contributed by atoms with Crippen LogP contribution in [0.1, 0.15) is 0 Å². The molecule has 0 N–H and O–H groups in total. The summed E-state index contributed by atoms with van der Waals surface area (Å²) in [6.45, 7) is 0. The van der Waals surface area contributed by atoms with Gasteiger partial charge in [0.15, 0.2) is 0 Å². The summed E-state index contributed by atoms with van der Waals surface area (Å²) in [5.41, 5.74) is 0. The van der Waals surface area contributed by atoms with E-state index in [2.05, 4.69) is 0 Å². The van der Waals surface area contributed by atoms with E-state index in [-0.39, 0.29) is 66.0 Å². The Kier molecular flexibility index (Phi) is 782. The van der Waals surface area contributed by atoms with E-state index < -0.39 is 0 Å². The Morgan fingerprint density at radius 2 is 0.600 bits per heavy atom. The van der Waals surface area contributed by atoms with Crippen LogP contribution >= 0.6 is 0 Å². The van der Waals surface area contributed by atoms with Crippen LogP contribution in [0.2, 0.25) is 0 Å². The summed E-state index contributed by atoms with van der Waals surface area (Å²) >= 11 is 0. The summed E-state index contributed by atoms with van der Waals surface area (Å²) in [4.78, 5) is 0. The third-order valence-corrected chi connectivity index (χ3v) is 0. The Morgan fingerprint density at radius 3 is 0.600 bits per heavy atom. The molecule has 0 bridgehead atoms. The second-order valence-electron chi connectivity index (χ2n) is 0. The number of hydrogen-bond acceptors (Lipinski definition) is 0. The Hall–Kier alpha value is 1.57. The van der Waals surface area contributed by atoms with Gasteiger partial charge in [-0.1, -0.05) is 0 Å². The molecule has 0 aromatic rings. The minimum Gasteiger partial charge on any atom is -2.00 e. The van der Waals surface area contributed by atoms with Crippen LogP contribution in [0.5, 0.6) is 0 Å². The molecule has 0 saturated carbocycles. The minimum atomic E-state index is 0. The first-order valence-electron chi connectivity index (χ1n) is 0. The predicted octanol–water partition coefficient (Wildman–Crippen LogP) is -6.23. The van der Waals surface area contributed by atoms with Gasteiger partial charge in [0.1, 0.15) is 0 Å². The molecule has 2 nitrogen and oxygen atoms in total. The molecule has 0 spiro atoms. The van der Waals surface area contributed by atoms with E-state index in [1.165, 1.54) is 0 Å². The molecule has 0 fully saturated rings. The zero-order chi connectivity index (χ0) is 0. The van der Waals surface area contributed by atoms with Gasteiger partial charge in [-0.2, -0.15) is 0 Å². The molecule has 0 saturated heterocycles. The normalized spacial score (nSPS) is 0. The largest absolute Gasteiger partial charge is 6.00 e. The summed E-state index contributed by atoms with van der Waals surface area (Å²) in [5.74, 6) is 0. The van der Waals surface area contributed by atoms with E-state index in [0.717, 1.165) is 0 Å². The van der Waals surface area contributed by atoms with Crippen LogP contribution in [-0.4, -0.2) is 0 Å². The van der Waals surface area contributed by atoms with Crippen LogP contribution < -0.4 is 34.0 Å². The summed E-state index contributed by atoms with van der Waals surface area (Å²) < 4.78 is 0. The van der Waals surface area contributed by atoms with Gasteiger partial charge in [0, 0.05) is 0 Å². The van der Waals surface area contributed by atoms with Crippen molar-refractivity contribution in [2.75, 3.05) is 0 Å². The summed E-state index contributed by atoms with van der Waals surface area (Å²) in [6.07, 6.45) is 0. The first-order valence-corrected chi connectivity index (χ1v) is 0. The number of hydrogen-bond donors (Lipinski definition) is 0. The van der Waals surface area contributed by atoms with Gasteiger partial charge in [-0.3, -0.25) is 0 Å². The van der Waals surface area contributed by atoms with Crippen molar-refractivity contribution in [3.63, 3.8) is 0 Å². The van der Waals surface area contributed by atoms with Crippen molar-refractivity contribution in [1.29, 1.82) is 0 Å². The Morgan fingerprint density at radius 1 is 0.600 bits per heavy atom. The van der Waals surface area contributed by atoms with Crippen molar-refractivity contribution in [1.82, 2.24) is 0 Å². The summed E-state index contributed by atoms with van der Waals surface area (Å²) in [5, 5.41) is 0. The molecule has 5 heteroatoms. The smallest absolute Gasteiger partial charge is 2.00 e. The molecule has 0 aliphatic carbocycles. The van der Waals surface area contributed by atoms with E-state index >= 15 is 0 Å². The van der Waals surface area contributed by atoms with Gasteiger partial charge in [-0.25, -0.2) is 0 Å². The quantitative estimate of drug-likeness (QED) is 0.398. The van der Waals surface area contributed by atoms with E-state index in [0.29, 0.717) is 0 Å². The fraction of sp³-hybridized carbons (Fsp3) is 0. The van der Waals surface area contributed by atoms with Crippen LogP contribution in [0.3, 0.4) is 0 Å². The maximum atomic E-state index is 0. The van der Waals surface area contributed by atoms with Crippen LogP contribution in [0.4, 0.5) is 0 Å². The standard InChI is InChI=1S/2BrH.Mo.2O/h2*1H;;;/q;;+6;2*-2/p-2. The zero-order valence-corrected chi connectivity index (χ0v) is 7.16. The van der Waals surface area contributed by atoms with Gasteiger partial charge in [0.2, 0.25) is 0 Å². The molecular weight excluding hydrogens is 288 g/mol. The molecule has 0 amide bonds. The fourth-order valence-corrected chi connectivity index (χ4v) is 0. The first-order chi connectivity index (χ1) is 0. The van der Waals surface area contributed by atoms with E-state index in [1.54, 1.807) is 0 Å². The average molecular weight is 288 g/mol. The van der Waals surface area contributed by atoms with E-state index in [4.69, 9.17) is 0 Å². The number of halogens is 2. The second-order valence-corrected chi connectivity index (χ2v) is 0. The van der Waals surface area contributed by atoms with Crippen molar-refractivity contribution in [3.05, 3.63) is 0 Å². The van der Waals surface area contributed by atoms with Crippen LogP contribution in [-0.2, 0) is 32.0 Å². The third kappa shape index (κ3) is 28.8. The van der Waals surface area contributed by atoms with Gasteiger partial charge in [0.25, 0.3) is 0 Å². The monoisotopic (exact) mass is 288 g/mol. The third-order valence-electron chi connectivity index (χ3n) is 0. The molecule has 0 aromatic heterocycles. The molecule has 0 atom stereocenters. The molecule has 0 unspecified atom stereocenters. The molecule has 0 rings (SSSR count). The van der Waals surface area contributed by atoms with Gasteiger partial charge < -0.3 is 44.9 Å². The average Bonchev–Trinajstić information content (AvgIpc) is 0. The second kappa shape index (κ2) is 47.2. The summed E-state index contributed by atoms with van der Waals surface area (Å²) in [7, 11) is 0. The van der Waals surface area contributed by atoms with Gasteiger partial charge in [-0.05, 0) is 0 Å². The van der Waals surface area contributed by atoms with Gasteiger partial charge in [0.05, 0.1) is 0 Å². The predicted molar refractivity (Wildman–Crippen MR) is 1.37 cm³/mol. The van der Waals surface area contributed by atoms with Crippen molar-refractivity contribution in [2.45, 2.75) is 0 Å². The molecule has 0 heterocycles. The van der Waals surface area contributed by atoms with Crippen molar-refractivity contribution < 1.29 is 66.0 Å². The minimum absolute atomic E-state index is 0. The van der Waals surface area contributed by atoms with Crippen LogP contribution in [0.15, 0.2) is 0 Å². The van der Waals surface area contributed by atoms with Crippen LogP contribution in [0, 0.1) is 0 Å². The molecule has 0 aliphatic rings. The number of rotatable bonds is 0. The molecule has 0 aliphatic heterocycles. The summed E-state index contributed by atoms with van der Waals surface area (Å²) in [6, 6.07) is 0. The van der Waals surface area contributed by atoms with Gasteiger partial charge >= 0.3 is 21.1 Å². The zero-order valence-electron chi connectivity index (χ0n) is 1.98. The molecule has 0 radical (unpaired) electrons. The maximum absolute atomic E-state index is 0. The van der Waals surface area contributed by atoms with Crippen molar-refractivity contribution in [3.8, 4) is 0 Å². The first kappa shape index (κ1) is 82.8. The van der Waals surface area contributed by atoms with E-state index in [1.807, 2.05) is 0 Å².